The van der Waals surface area contributed by atoms with Gasteiger partial charge in [-0.25, -0.2) is 9.69 Å². The fourth-order valence-electron chi connectivity index (χ4n) is 4.35. The van der Waals surface area contributed by atoms with Crippen LogP contribution in [0, 0.1) is 6.92 Å². The van der Waals surface area contributed by atoms with Crippen LogP contribution in [-0.2, 0) is 20.7 Å². The molecule has 0 aliphatic carbocycles. The summed E-state index contributed by atoms with van der Waals surface area (Å²) in [6.45, 7) is 4.10. The largest absolute Gasteiger partial charge is 0.462 e. The minimum absolute atomic E-state index is 0.106. The monoisotopic (exact) mass is 484 g/mol. The molecule has 1 fully saturated rings. The number of rotatable bonds is 8. The molecule has 0 spiro atoms. The van der Waals surface area contributed by atoms with Crippen molar-refractivity contribution in [1.29, 1.82) is 0 Å². The number of aryl methyl sites for hydroxylation is 1. The number of hydrogen-bond donors (Lipinski definition) is 0. The molecule has 3 aromatic rings. The first-order chi connectivity index (χ1) is 17.4. The van der Waals surface area contributed by atoms with Gasteiger partial charge >= 0.3 is 5.97 Å². The van der Waals surface area contributed by atoms with E-state index < -0.39 is 23.8 Å². The standard InChI is InChI=1S/C29H28N2O5/c1-3-36-29(35)22-13-15-23(16-14-22)31-26(32)19-25(28(31)34)30(18-17-21-10-5-4-6-11-21)27(33)24-12-8-7-9-20(24)2/h4-16,25H,3,17-19H2,1-2H3. The minimum atomic E-state index is -0.918. The molecule has 1 heterocycles. The van der Waals surface area contributed by atoms with E-state index in [1.165, 1.54) is 17.0 Å². The minimum Gasteiger partial charge on any atom is -0.462 e. The van der Waals surface area contributed by atoms with Crippen molar-refractivity contribution >= 4 is 29.4 Å². The van der Waals surface area contributed by atoms with Gasteiger partial charge < -0.3 is 9.64 Å². The molecule has 1 atom stereocenters. The molecule has 36 heavy (non-hydrogen) atoms. The Morgan fingerprint density at radius 3 is 2.28 bits per heavy atom. The van der Waals surface area contributed by atoms with Gasteiger partial charge in [0.25, 0.3) is 11.8 Å². The molecule has 7 heteroatoms. The van der Waals surface area contributed by atoms with Crippen molar-refractivity contribution in [1.82, 2.24) is 4.90 Å². The summed E-state index contributed by atoms with van der Waals surface area (Å²) in [6.07, 6.45) is 0.440. The van der Waals surface area contributed by atoms with E-state index in [2.05, 4.69) is 0 Å². The number of ether oxygens (including phenoxy) is 1. The first-order valence-electron chi connectivity index (χ1n) is 11.9. The van der Waals surface area contributed by atoms with Crippen LogP contribution in [0.3, 0.4) is 0 Å². The zero-order valence-electron chi connectivity index (χ0n) is 20.3. The lowest BCUT2D eigenvalue weighted by Gasteiger charge is -2.28. The quantitative estimate of drug-likeness (QED) is 0.354. The van der Waals surface area contributed by atoms with Crippen molar-refractivity contribution in [2.75, 3.05) is 18.1 Å². The zero-order chi connectivity index (χ0) is 25.7. The summed E-state index contributed by atoms with van der Waals surface area (Å²) < 4.78 is 4.99. The fourth-order valence-corrected chi connectivity index (χ4v) is 4.35. The number of carbonyl (C=O) groups excluding carboxylic acids is 4. The molecule has 3 aromatic carbocycles. The Labute approximate surface area is 210 Å². The molecule has 1 aliphatic heterocycles. The second-order valence-corrected chi connectivity index (χ2v) is 8.60. The molecule has 1 aliphatic rings. The molecule has 4 rings (SSSR count). The Balaban J connectivity index is 1.61. The van der Waals surface area contributed by atoms with Gasteiger partial charge in [-0.05, 0) is 61.7 Å². The van der Waals surface area contributed by atoms with Gasteiger partial charge in [0.05, 0.1) is 24.3 Å². The molecular formula is C29H28N2O5. The summed E-state index contributed by atoms with van der Waals surface area (Å²) >= 11 is 0. The second-order valence-electron chi connectivity index (χ2n) is 8.60. The van der Waals surface area contributed by atoms with Crippen LogP contribution < -0.4 is 4.90 Å². The smallest absolute Gasteiger partial charge is 0.338 e. The third-order valence-electron chi connectivity index (χ3n) is 6.26. The molecule has 0 radical (unpaired) electrons. The molecule has 7 nitrogen and oxygen atoms in total. The van der Waals surface area contributed by atoms with E-state index in [0.29, 0.717) is 23.2 Å². The third-order valence-corrected chi connectivity index (χ3v) is 6.26. The Morgan fingerprint density at radius 2 is 1.61 bits per heavy atom. The lowest BCUT2D eigenvalue weighted by Crippen LogP contribution is -2.46. The number of nitrogens with zero attached hydrogens (tertiary/aromatic N) is 2. The third kappa shape index (κ3) is 5.20. The van der Waals surface area contributed by atoms with E-state index in [1.54, 1.807) is 31.2 Å². The molecule has 0 N–H and O–H groups in total. The zero-order valence-corrected chi connectivity index (χ0v) is 20.3. The molecule has 184 valence electrons. The summed E-state index contributed by atoms with van der Waals surface area (Å²) in [6, 6.07) is 22.1. The van der Waals surface area contributed by atoms with Gasteiger partial charge in [-0.1, -0.05) is 48.5 Å². The Hall–Kier alpha value is -4.26. The van der Waals surface area contributed by atoms with Crippen molar-refractivity contribution in [3.8, 4) is 0 Å². The number of carbonyl (C=O) groups is 4. The van der Waals surface area contributed by atoms with Crippen molar-refractivity contribution in [3.63, 3.8) is 0 Å². The molecular weight excluding hydrogens is 456 g/mol. The SMILES string of the molecule is CCOC(=O)c1ccc(N2C(=O)CC(N(CCc3ccccc3)C(=O)c3ccccc3C)C2=O)cc1. The molecule has 3 amide bonds. The summed E-state index contributed by atoms with van der Waals surface area (Å²) in [5.74, 6) is -1.61. The van der Waals surface area contributed by atoms with Gasteiger partial charge in [0, 0.05) is 12.1 Å². The Bertz CT molecular complexity index is 1270. The lowest BCUT2D eigenvalue weighted by molar-refractivity contribution is -0.122. The highest BCUT2D eigenvalue weighted by Crippen LogP contribution is 2.28. The highest BCUT2D eigenvalue weighted by Gasteiger charge is 2.44. The molecule has 0 saturated carbocycles. The average molecular weight is 485 g/mol. The van der Waals surface area contributed by atoms with E-state index in [4.69, 9.17) is 4.74 Å². The van der Waals surface area contributed by atoms with Gasteiger partial charge in [0.1, 0.15) is 6.04 Å². The van der Waals surface area contributed by atoms with Crippen LogP contribution in [-0.4, -0.2) is 47.8 Å². The van der Waals surface area contributed by atoms with Gasteiger partial charge in [0.15, 0.2) is 0 Å². The van der Waals surface area contributed by atoms with Crippen molar-refractivity contribution in [3.05, 3.63) is 101 Å². The van der Waals surface area contributed by atoms with Gasteiger partial charge in [0.2, 0.25) is 5.91 Å². The number of amides is 3. The normalized spacial score (nSPS) is 15.2. The Morgan fingerprint density at radius 1 is 0.944 bits per heavy atom. The number of imide groups is 1. The molecule has 1 saturated heterocycles. The Kier molecular flexibility index (Phi) is 7.59. The number of esters is 1. The van der Waals surface area contributed by atoms with E-state index in [0.717, 1.165) is 16.0 Å². The summed E-state index contributed by atoms with van der Waals surface area (Å²) in [5, 5.41) is 0. The van der Waals surface area contributed by atoms with Gasteiger partial charge in [-0.15, -0.1) is 0 Å². The van der Waals surface area contributed by atoms with E-state index in [-0.39, 0.29) is 25.5 Å². The van der Waals surface area contributed by atoms with Crippen LogP contribution in [0.15, 0.2) is 78.9 Å². The number of anilines is 1. The summed E-state index contributed by atoms with van der Waals surface area (Å²) in [7, 11) is 0. The number of hydrogen-bond acceptors (Lipinski definition) is 5. The predicted molar refractivity (Wildman–Crippen MR) is 136 cm³/mol. The van der Waals surface area contributed by atoms with Crippen LogP contribution in [0.2, 0.25) is 0 Å². The van der Waals surface area contributed by atoms with Gasteiger partial charge in [-0.2, -0.15) is 0 Å². The summed E-state index contributed by atoms with van der Waals surface area (Å²) in [5.41, 5.74) is 3.02. The number of benzene rings is 3. The van der Waals surface area contributed by atoms with Crippen LogP contribution >= 0.6 is 0 Å². The van der Waals surface area contributed by atoms with E-state index >= 15 is 0 Å². The highest BCUT2D eigenvalue weighted by atomic mass is 16.5. The summed E-state index contributed by atoms with van der Waals surface area (Å²) in [4.78, 5) is 54.7. The first kappa shape index (κ1) is 24.9. The van der Waals surface area contributed by atoms with Crippen LogP contribution in [0.25, 0.3) is 0 Å². The van der Waals surface area contributed by atoms with Crippen molar-refractivity contribution in [2.24, 2.45) is 0 Å². The molecule has 0 aromatic heterocycles. The second kappa shape index (κ2) is 11.0. The van der Waals surface area contributed by atoms with Crippen molar-refractivity contribution in [2.45, 2.75) is 32.7 Å². The van der Waals surface area contributed by atoms with E-state index in [9.17, 15) is 19.2 Å². The highest BCUT2D eigenvalue weighted by molar-refractivity contribution is 6.23. The maximum Gasteiger partial charge on any atom is 0.338 e. The maximum atomic E-state index is 13.6. The fraction of sp³-hybridized carbons (Fsp3) is 0.241. The first-order valence-corrected chi connectivity index (χ1v) is 11.9. The van der Waals surface area contributed by atoms with Crippen molar-refractivity contribution < 1.29 is 23.9 Å². The predicted octanol–water partition coefficient (Wildman–Crippen LogP) is 4.19. The van der Waals surface area contributed by atoms with Crippen LogP contribution in [0.1, 0.15) is 45.2 Å². The lowest BCUT2D eigenvalue weighted by atomic mass is 10.0. The van der Waals surface area contributed by atoms with Crippen LogP contribution in [0.5, 0.6) is 0 Å². The van der Waals surface area contributed by atoms with Crippen LogP contribution in [0.4, 0.5) is 5.69 Å². The molecule has 1 unspecified atom stereocenters. The van der Waals surface area contributed by atoms with Gasteiger partial charge in [-0.3, -0.25) is 14.4 Å². The average Bonchev–Trinajstić information content (AvgIpc) is 3.18. The maximum absolute atomic E-state index is 13.6. The van der Waals surface area contributed by atoms with E-state index in [1.807, 2.05) is 49.4 Å². The molecule has 0 bridgehead atoms. The topological polar surface area (TPSA) is 84.0 Å².